The van der Waals surface area contributed by atoms with Crippen molar-refractivity contribution >= 4 is 11.3 Å². The quantitative estimate of drug-likeness (QED) is 0.735. The van der Waals surface area contributed by atoms with Crippen molar-refractivity contribution in [2.75, 3.05) is 0 Å². The third-order valence-electron chi connectivity index (χ3n) is 1.87. The van der Waals surface area contributed by atoms with Gasteiger partial charge in [-0.2, -0.15) is 10.5 Å². The fourth-order valence-electron chi connectivity index (χ4n) is 1.23. The zero-order chi connectivity index (χ0) is 9.68. The Bertz CT molecular complexity index is 354. The average molecular weight is 190 g/mol. The minimum absolute atomic E-state index is 0.0975. The fourth-order valence-corrected chi connectivity index (χ4v) is 2.15. The summed E-state index contributed by atoms with van der Waals surface area (Å²) in [5.74, 6) is -0.0975. The van der Waals surface area contributed by atoms with Crippen LogP contribution in [0.2, 0.25) is 0 Å². The van der Waals surface area contributed by atoms with E-state index >= 15 is 0 Å². The van der Waals surface area contributed by atoms with Gasteiger partial charge in [0.05, 0.1) is 17.6 Å². The predicted octanol–water partition coefficient (Wildman–Crippen LogP) is 3.03. The first-order chi connectivity index (χ1) is 6.33. The number of thiophene rings is 1. The molecular formula is C10H10N2S. The summed E-state index contributed by atoms with van der Waals surface area (Å²) in [7, 11) is 0. The topological polar surface area (TPSA) is 47.6 Å². The SMILES string of the molecule is CCCC(C#N)c1sccc1C#N. The zero-order valence-electron chi connectivity index (χ0n) is 7.45. The molecule has 2 nitrogen and oxygen atoms in total. The lowest BCUT2D eigenvalue weighted by Gasteiger charge is -2.04. The molecular weight excluding hydrogens is 180 g/mol. The molecule has 0 spiro atoms. The summed E-state index contributed by atoms with van der Waals surface area (Å²) in [5.41, 5.74) is 0.657. The first-order valence-electron chi connectivity index (χ1n) is 4.20. The van der Waals surface area contributed by atoms with E-state index in [1.807, 2.05) is 12.3 Å². The molecule has 0 saturated carbocycles. The van der Waals surface area contributed by atoms with E-state index < -0.39 is 0 Å². The third kappa shape index (κ3) is 2.08. The standard InChI is InChI=1S/C10H10N2S/c1-2-3-8(6-11)10-9(7-12)4-5-13-10/h4-5,8H,2-3H2,1H3. The Balaban J connectivity index is 2.93. The molecule has 1 rings (SSSR count). The van der Waals surface area contributed by atoms with Crippen molar-refractivity contribution in [2.24, 2.45) is 0 Å². The second kappa shape index (κ2) is 4.64. The predicted molar refractivity (Wildman–Crippen MR) is 52.3 cm³/mol. The normalized spacial score (nSPS) is 11.6. The molecule has 66 valence electrons. The van der Waals surface area contributed by atoms with Crippen LogP contribution in [0.3, 0.4) is 0 Å². The van der Waals surface area contributed by atoms with E-state index in [4.69, 9.17) is 10.5 Å². The lowest BCUT2D eigenvalue weighted by Crippen LogP contribution is -1.93. The van der Waals surface area contributed by atoms with Crippen molar-refractivity contribution in [3.63, 3.8) is 0 Å². The zero-order valence-corrected chi connectivity index (χ0v) is 8.27. The summed E-state index contributed by atoms with van der Waals surface area (Å²) in [6, 6.07) is 6.13. The number of nitrogens with zero attached hydrogens (tertiary/aromatic N) is 2. The van der Waals surface area contributed by atoms with Crippen LogP contribution >= 0.6 is 11.3 Å². The van der Waals surface area contributed by atoms with Gasteiger partial charge >= 0.3 is 0 Å². The monoisotopic (exact) mass is 190 g/mol. The van der Waals surface area contributed by atoms with E-state index in [2.05, 4.69) is 12.1 Å². The minimum atomic E-state index is -0.0975. The summed E-state index contributed by atoms with van der Waals surface area (Å²) < 4.78 is 0. The molecule has 0 aromatic carbocycles. The molecule has 0 aliphatic carbocycles. The van der Waals surface area contributed by atoms with Crippen molar-refractivity contribution in [3.8, 4) is 12.1 Å². The summed E-state index contributed by atoms with van der Waals surface area (Å²) in [4.78, 5) is 0.923. The van der Waals surface area contributed by atoms with Crippen LogP contribution in [0, 0.1) is 22.7 Å². The third-order valence-corrected chi connectivity index (χ3v) is 2.90. The van der Waals surface area contributed by atoms with Gasteiger partial charge in [-0.05, 0) is 17.9 Å². The van der Waals surface area contributed by atoms with Gasteiger partial charge in [0.2, 0.25) is 0 Å². The molecule has 0 saturated heterocycles. The van der Waals surface area contributed by atoms with Gasteiger partial charge in [-0.25, -0.2) is 0 Å². The molecule has 1 atom stereocenters. The lowest BCUT2D eigenvalue weighted by atomic mass is 10.0. The Morgan fingerprint density at radius 3 is 2.85 bits per heavy atom. The highest BCUT2D eigenvalue weighted by Gasteiger charge is 2.14. The molecule has 0 bridgehead atoms. The summed E-state index contributed by atoms with van der Waals surface area (Å²) in [6.45, 7) is 2.05. The van der Waals surface area contributed by atoms with Crippen LogP contribution in [-0.4, -0.2) is 0 Å². The second-order valence-electron chi connectivity index (χ2n) is 2.78. The van der Waals surface area contributed by atoms with E-state index in [0.717, 1.165) is 17.7 Å². The minimum Gasteiger partial charge on any atom is -0.198 e. The largest absolute Gasteiger partial charge is 0.198 e. The van der Waals surface area contributed by atoms with E-state index in [-0.39, 0.29) is 5.92 Å². The maximum atomic E-state index is 8.90. The summed E-state index contributed by atoms with van der Waals surface area (Å²) in [6.07, 6.45) is 1.81. The second-order valence-corrected chi connectivity index (χ2v) is 3.73. The van der Waals surface area contributed by atoms with Crippen LogP contribution in [0.1, 0.15) is 36.1 Å². The number of hydrogen-bond donors (Lipinski definition) is 0. The smallest absolute Gasteiger partial charge is 0.100 e. The van der Waals surface area contributed by atoms with Crippen molar-refractivity contribution in [3.05, 3.63) is 21.9 Å². The van der Waals surface area contributed by atoms with Gasteiger partial charge < -0.3 is 0 Å². The van der Waals surface area contributed by atoms with Gasteiger partial charge in [-0.15, -0.1) is 11.3 Å². The molecule has 0 N–H and O–H groups in total. The summed E-state index contributed by atoms with van der Waals surface area (Å²) in [5, 5.41) is 19.5. The highest BCUT2D eigenvalue weighted by molar-refractivity contribution is 7.10. The van der Waals surface area contributed by atoms with Gasteiger partial charge in [0.15, 0.2) is 0 Å². The van der Waals surface area contributed by atoms with Gasteiger partial charge in [0, 0.05) is 4.88 Å². The number of nitriles is 2. The molecule has 13 heavy (non-hydrogen) atoms. The molecule has 0 fully saturated rings. The van der Waals surface area contributed by atoms with Crippen LogP contribution < -0.4 is 0 Å². The van der Waals surface area contributed by atoms with Gasteiger partial charge in [-0.3, -0.25) is 0 Å². The van der Waals surface area contributed by atoms with Crippen LogP contribution in [0.4, 0.5) is 0 Å². The lowest BCUT2D eigenvalue weighted by molar-refractivity contribution is 0.736. The maximum absolute atomic E-state index is 8.90. The van der Waals surface area contributed by atoms with Crippen LogP contribution in [0.25, 0.3) is 0 Å². The molecule has 1 aromatic rings. The van der Waals surface area contributed by atoms with Gasteiger partial charge in [-0.1, -0.05) is 13.3 Å². The Kier molecular flexibility index (Phi) is 3.49. The molecule has 1 aromatic heterocycles. The molecule has 0 aliphatic rings. The first-order valence-corrected chi connectivity index (χ1v) is 5.08. The van der Waals surface area contributed by atoms with E-state index in [1.54, 1.807) is 6.07 Å². The Hall–Kier alpha value is -1.32. The fraction of sp³-hybridized carbons (Fsp3) is 0.400. The van der Waals surface area contributed by atoms with E-state index in [0.29, 0.717) is 5.56 Å². The first kappa shape index (κ1) is 9.77. The van der Waals surface area contributed by atoms with Crippen LogP contribution in [-0.2, 0) is 0 Å². The number of rotatable bonds is 3. The molecule has 1 heterocycles. The molecule has 0 amide bonds. The Labute approximate surface area is 82.0 Å². The molecule has 3 heteroatoms. The summed E-state index contributed by atoms with van der Waals surface area (Å²) >= 11 is 1.50. The van der Waals surface area contributed by atoms with E-state index in [9.17, 15) is 0 Å². The van der Waals surface area contributed by atoms with Crippen molar-refractivity contribution in [1.82, 2.24) is 0 Å². The highest BCUT2D eigenvalue weighted by Crippen LogP contribution is 2.28. The molecule has 0 radical (unpaired) electrons. The van der Waals surface area contributed by atoms with Crippen LogP contribution in [0.5, 0.6) is 0 Å². The van der Waals surface area contributed by atoms with Gasteiger partial charge in [0.1, 0.15) is 6.07 Å². The van der Waals surface area contributed by atoms with Crippen molar-refractivity contribution in [2.45, 2.75) is 25.7 Å². The van der Waals surface area contributed by atoms with Crippen molar-refractivity contribution in [1.29, 1.82) is 10.5 Å². The van der Waals surface area contributed by atoms with Crippen molar-refractivity contribution < 1.29 is 0 Å². The van der Waals surface area contributed by atoms with Crippen LogP contribution in [0.15, 0.2) is 11.4 Å². The number of hydrogen-bond acceptors (Lipinski definition) is 3. The van der Waals surface area contributed by atoms with Gasteiger partial charge in [0.25, 0.3) is 0 Å². The average Bonchev–Trinajstić information content (AvgIpc) is 2.61. The molecule has 0 aliphatic heterocycles. The Morgan fingerprint density at radius 2 is 2.31 bits per heavy atom. The maximum Gasteiger partial charge on any atom is 0.100 e. The molecule has 1 unspecified atom stereocenters. The Morgan fingerprint density at radius 1 is 1.54 bits per heavy atom. The highest BCUT2D eigenvalue weighted by atomic mass is 32.1. The van der Waals surface area contributed by atoms with E-state index in [1.165, 1.54) is 11.3 Å².